The van der Waals surface area contributed by atoms with Gasteiger partial charge in [0.05, 0.1) is 17.3 Å². The molecule has 2 aromatic rings. The van der Waals surface area contributed by atoms with Crippen LogP contribution in [-0.4, -0.2) is 16.7 Å². The van der Waals surface area contributed by atoms with Crippen LogP contribution in [0, 0.1) is 5.92 Å². The summed E-state index contributed by atoms with van der Waals surface area (Å²) in [6, 6.07) is 5.57. The van der Waals surface area contributed by atoms with Crippen molar-refractivity contribution < 1.29 is 9.59 Å². The SMILES string of the molecule is CC(=O)c1cc(CC(=O)NC(c2cccnc2)C(C)C)cs1. The minimum Gasteiger partial charge on any atom is -0.349 e. The number of carbonyl (C=O) groups is 2. The Balaban J connectivity index is 2.03. The highest BCUT2D eigenvalue weighted by Gasteiger charge is 2.19. The second-order valence-corrected chi connectivity index (χ2v) is 6.54. The number of rotatable bonds is 6. The van der Waals surface area contributed by atoms with Gasteiger partial charge in [-0.05, 0) is 41.5 Å². The third-order valence-corrected chi connectivity index (χ3v) is 4.47. The molecule has 0 aliphatic heterocycles. The molecule has 0 radical (unpaired) electrons. The predicted octanol–water partition coefficient (Wildman–Crippen LogP) is 3.40. The molecule has 0 aliphatic carbocycles. The Morgan fingerprint density at radius 2 is 2.14 bits per heavy atom. The molecule has 4 nitrogen and oxygen atoms in total. The van der Waals surface area contributed by atoms with Gasteiger partial charge in [-0.3, -0.25) is 14.6 Å². The van der Waals surface area contributed by atoms with Crippen LogP contribution in [0.4, 0.5) is 0 Å². The molecule has 0 bridgehead atoms. The highest BCUT2D eigenvalue weighted by atomic mass is 32.1. The maximum atomic E-state index is 12.3. The van der Waals surface area contributed by atoms with Crippen molar-refractivity contribution in [1.29, 1.82) is 0 Å². The largest absolute Gasteiger partial charge is 0.349 e. The van der Waals surface area contributed by atoms with E-state index in [-0.39, 0.29) is 30.1 Å². The van der Waals surface area contributed by atoms with Gasteiger partial charge in [-0.2, -0.15) is 0 Å². The monoisotopic (exact) mass is 316 g/mol. The average Bonchev–Trinajstić information content (AvgIpc) is 2.94. The second kappa shape index (κ2) is 7.31. The third kappa shape index (κ3) is 4.24. The Bertz CT molecular complexity index is 650. The van der Waals surface area contributed by atoms with E-state index in [4.69, 9.17) is 0 Å². The Hall–Kier alpha value is -2.01. The van der Waals surface area contributed by atoms with Crippen LogP contribution in [0.3, 0.4) is 0 Å². The van der Waals surface area contributed by atoms with Crippen molar-refractivity contribution in [2.75, 3.05) is 0 Å². The second-order valence-electron chi connectivity index (χ2n) is 5.63. The number of Topliss-reactive ketones (excluding diaryl/α,β-unsaturated/α-hetero) is 1. The van der Waals surface area contributed by atoms with E-state index in [1.54, 1.807) is 18.5 Å². The molecule has 2 rings (SSSR count). The molecule has 0 saturated heterocycles. The first-order valence-electron chi connectivity index (χ1n) is 7.25. The number of ketones is 1. The maximum absolute atomic E-state index is 12.3. The van der Waals surface area contributed by atoms with Gasteiger partial charge >= 0.3 is 0 Å². The Morgan fingerprint density at radius 3 is 2.68 bits per heavy atom. The summed E-state index contributed by atoms with van der Waals surface area (Å²) in [6.07, 6.45) is 3.79. The number of thiophene rings is 1. The zero-order valence-electron chi connectivity index (χ0n) is 13.0. The van der Waals surface area contributed by atoms with Crippen LogP contribution in [0.25, 0.3) is 0 Å². The van der Waals surface area contributed by atoms with Gasteiger partial charge in [-0.1, -0.05) is 19.9 Å². The lowest BCUT2D eigenvalue weighted by Gasteiger charge is -2.22. The number of hydrogen-bond donors (Lipinski definition) is 1. The molecule has 2 aromatic heterocycles. The van der Waals surface area contributed by atoms with Crippen LogP contribution in [0.5, 0.6) is 0 Å². The molecule has 1 N–H and O–H groups in total. The normalized spacial score (nSPS) is 12.2. The van der Waals surface area contributed by atoms with Crippen molar-refractivity contribution >= 4 is 23.0 Å². The number of aromatic nitrogens is 1. The smallest absolute Gasteiger partial charge is 0.224 e. The van der Waals surface area contributed by atoms with E-state index in [0.29, 0.717) is 4.88 Å². The topological polar surface area (TPSA) is 59.1 Å². The van der Waals surface area contributed by atoms with Gasteiger partial charge in [0.1, 0.15) is 0 Å². The number of amides is 1. The first-order valence-corrected chi connectivity index (χ1v) is 8.13. The van der Waals surface area contributed by atoms with Crippen LogP contribution in [0.2, 0.25) is 0 Å². The lowest BCUT2D eigenvalue weighted by molar-refractivity contribution is -0.121. The standard InChI is InChI=1S/C17H20N2O2S/c1-11(2)17(14-5-4-6-18-9-14)19-16(21)8-13-7-15(12(3)20)22-10-13/h4-7,9-11,17H,8H2,1-3H3,(H,19,21). The first kappa shape index (κ1) is 16.4. The molecule has 0 saturated carbocycles. The quantitative estimate of drug-likeness (QED) is 0.831. The average molecular weight is 316 g/mol. The molecule has 0 spiro atoms. The molecule has 1 unspecified atom stereocenters. The number of nitrogens with zero attached hydrogens (tertiary/aromatic N) is 1. The molecule has 0 aliphatic rings. The van der Waals surface area contributed by atoms with Crippen molar-refractivity contribution in [3.63, 3.8) is 0 Å². The summed E-state index contributed by atoms with van der Waals surface area (Å²) in [5.41, 5.74) is 1.88. The highest BCUT2D eigenvalue weighted by Crippen LogP contribution is 2.21. The fraction of sp³-hybridized carbons (Fsp3) is 0.353. The summed E-state index contributed by atoms with van der Waals surface area (Å²) in [4.78, 5) is 28.4. The van der Waals surface area contributed by atoms with Crippen LogP contribution < -0.4 is 5.32 Å². The van der Waals surface area contributed by atoms with Gasteiger partial charge in [-0.25, -0.2) is 0 Å². The Labute approximate surface area is 134 Å². The van der Waals surface area contributed by atoms with Crippen molar-refractivity contribution in [1.82, 2.24) is 10.3 Å². The number of nitrogens with one attached hydrogen (secondary N) is 1. The van der Waals surface area contributed by atoms with Gasteiger partial charge in [0, 0.05) is 12.4 Å². The summed E-state index contributed by atoms with van der Waals surface area (Å²) in [5.74, 6) is 0.255. The van der Waals surface area contributed by atoms with Gasteiger partial charge < -0.3 is 5.32 Å². The van der Waals surface area contributed by atoms with E-state index in [0.717, 1.165) is 11.1 Å². The van der Waals surface area contributed by atoms with Crippen LogP contribution >= 0.6 is 11.3 Å². The van der Waals surface area contributed by atoms with E-state index in [1.807, 2.05) is 17.5 Å². The van der Waals surface area contributed by atoms with Crippen molar-refractivity contribution in [3.8, 4) is 0 Å². The van der Waals surface area contributed by atoms with Gasteiger partial charge in [0.25, 0.3) is 0 Å². The molecule has 2 heterocycles. The van der Waals surface area contributed by atoms with Crippen LogP contribution in [-0.2, 0) is 11.2 Å². The fourth-order valence-corrected chi connectivity index (χ4v) is 3.07. The zero-order chi connectivity index (χ0) is 16.1. The number of pyridine rings is 1. The molecule has 0 aromatic carbocycles. The van der Waals surface area contributed by atoms with Crippen molar-refractivity contribution in [3.05, 3.63) is 52.0 Å². The van der Waals surface area contributed by atoms with E-state index >= 15 is 0 Å². The van der Waals surface area contributed by atoms with Crippen molar-refractivity contribution in [2.24, 2.45) is 5.92 Å². The van der Waals surface area contributed by atoms with E-state index in [9.17, 15) is 9.59 Å². The van der Waals surface area contributed by atoms with Crippen molar-refractivity contribution in [2.45, 2.75) is 33.2 Å². The number of carbonyl (C=O) groups excluding carboxylic acids is 2. The maximum Gasteiger partial charge on any atom is 0.224 e. The Kier molecular flexibility index (Phi) is 5.44. The van der Waals surface area contributed by atoms with Gasteiger partial charge in [0.15, 0.2) is 5.78 Å². The van der Waals surface area contributed by atoms with E-state index in [2.05, 4.69) is 24.1 Å². The van der Waals surface area contributed by atoms with Crippen LogP contribution in [0.1, 0.15) is 47.6 Å². The van der Waals surface area contributed by atoms with Gasteiger partial charge in [0.2, 0.25) is 5.91 Å². The molecule has 22 heavy (non-hydrogen) atoms. The molecule has 1 amide bonds. The minimum absolute atomic E-state index is 0.0343. The summed E-state index contributed by atoms with van der Waals surface area (Å²) in [7, 11) is 0. The summed E-state index contributed by atoms with van der Waals surface area (Å²) in [5, 5.41) is 4.93. The zero-order valence-corrected chi connectivity index (χ0v) is 13.8. The highest BCUT2D eigenvalue weighted by molar-refractivity contribution is 7.12. The molecule has 116 valence electrons. The molecule has 0 fully saturated rings. The van der Waals surface area contributed by atoms with Crippen LogP contribution in [0.15, 0.2) is 36.0 Å². The van der Waals surface area contributed by atoms with Gasteiger partial charge in [-0.15, -0.1) is 11.3 Å². The summed E-state index contributed by atoms with van der Waals surface area (Å²) >= 11 is 1.38. The lowest BCUT2D eigenvalue weighted by atomic mass is 9.97. The third-order valence-electron chi connectivity index (χ3n) is 3.39. The summed E-state index contributed by atoms with van der Waals surface area (Å²) in [6.45, 7) is 5.67. The van der Waals surface area contributed by atoms with E-state index < -0.39 is 0 Å². The fourth-order valence-electron chi connectivity index (χ4n) is 2.26. The Morgan fingerprint density at radius 1 is 1.36 bits per heavy atom. The molecule has 1 atom stereocenters. The number of hydrogen-bond acceptors (Lipinski definition) is 4. The van der Waals surface area contributed by atoms with E-state index in [1.165, 1.54) is 18.3 Å². The summed E-state index contributed by atoms with van der Waals surface area (Å²) < 4.78 is 0. The molecule has 5 heteroatoms. The predicted molar refractivity (Wildman–Crippen MR) is 88.0 cm³/mol. The minimum atomic E-state index is -0.0629. The lowest BCUT2D eigenvalue weighted by Crippen LogP contribution is -2.32. The molecular weight excluding hydrogens is 296 g/mol. The molecular formula is C17H20N2O2S. The first-order chi connectivity index (χ1) is 10.5.